The first-order valence-electron chi connectivity index (χ1n) is 8.62. The van der Waals surface area contributed by atoms with Gasteiger partial charge in [-0.25, -0.2) is 13.2 Å². The molecule has 0 aromatic heterocycles. The standard InChI is InChI=1S/C19H24N2O5S/c1-15(2)26-21(14-6-13-20-19(22)23)27(24,25)18-11-9-17(10-12-18)16-7-4-3-5-8-16/h3-5,7-12,15,20H,6,13-14H2,1-2H3,(H,22,23). The van der Waals surface area contributed by atoms with Crippen LogP contribution in [0.1, 0.15) is 20.3 Å². The van der Waals surface area contributed by atoms with Crippen LogP contribution in [-0.4, -0.2) is 43.3 Å². The highest BCUT2D eigenvalue weighted by Gasteiger charge is 2.26. The first-order chi connectivity index (χ1) is 12.8. The van der Waals surface area contributed by atoms with Crippen LogP contribution < -0.4 is 5.32 Å². The van der Waals surface area contributed by atoms with Gasteiger partial charge in [-0.05, 0) is 43.5 Å². The highest BCUT2D eigenvalue weighted by atomic mass is 32.2. The minimum Gasteiger partial charge on any atom is -0.465 e. The quantitative estimate of drug-likeness (QED) is 0.504. The van der Waals surface area contributed by atoms with E-state index < -0.39 is 16.1 Å². The van der Waals surface area contributed by atoms with E-state index in [1.54, 1.807) is 38.1 Å². The zero-order valence-electron chi connectivity index (χ0n) is 15.3. The van der Waals surface area contributed by atoms with Gasteiger partial charge in [-0.2, -0.15) is 0 Å². The smallest absolute Gasteiger partial charge is 0.404 e. The van der Waals surface area contributed by atoms with Crippen molar-refractivity contribution in [3.05, 3.63) is 54.6 Å². The Kier molecular flexibility index (Phi) is 7.35. The van der Waals surface area contributed by atoms with Gasteiger partial charge in [0.05, 0.1) is 11.0 Å². The van der Waals surface area contributed by atoms with Crippen molar-refractivity contribution < 1.29 is 23.2 Å². The Hall–Kier alpha value is -2.42. The summed E-state index contributed by atoms with van der Waals surface area (Å²) in [6, 6.07) is 16.3. The highest BCUT2D eigenvalue weighted by Crippen LogP contribution is 2.23. The molecule has 2 rings (SSSR count). The van der Waals surface area contributed by atoms with Crippen LogP contribution in [0, 0.1) is 0 Å². The molecule has 0 heterocycles. The van der Waals surface area contributed by atoms with Crippen molar-refractivity contribution in [2.24, 2.45) is 0 Å². The Labute approximate surface area is 159 Å². The molecule has 8 heteroatoms. The number of hydroxylamine groups is 1. The molecular weight excluding hydrogens is 368 g/mol. The minimum absolute atomic E-state index is 0.0429. The largest absolute Gasteiger partial charge is 0.465 e. The number of benzene rings is 2. The van der Waals surface area contributed by atoms with Crippen LogP contribution in [-0.2, 0) is 14.9 Å². The van der Waals surface area contributed by atoms with Gasteiger partial charge in [-0.1, -0.05) is 46.9 Å². The predicted molar refractivity (Wildman–Crippen MR) is 103 cm³/mol. The van der Waals surface area contributed by atoms with Gasteiger partial charge in [-0.3, -0.25) is 4.84 Å². The van der Waals surface area contributed by atoms with Crippen LogP contribution in [0.3, 0.4) is 0 Å². The lowest BCUT2D eigenvalue weighted by Gasteiger charge is -2.23. The summed E-state index contributed by atoms with van der Waals surface area (Å²) in [5.74, 6) is 0. The van der Waals surface area contributed by atoms with Gasteiger partial charge in [0.1, 0.15) is 0 Å². The van der Waals surface area contributed by atoms with E-state index in [1.807, 2.05) is 30.3 Å². The molecule has 0 aliphatic heterocycles. The number of amides is 1. The van der Waals surface area contributed by atoms with E-state index in [0.29, 0.717) is 6.42 Å². The van der Waals surface area contributed by atoms with Gasteiger partial charge in [-0.15, -0.1) is 0 Å². The highest BCUT2D eigenvalue weighted by molar-refractivity contribution is 7.89. The van der Waals surface area contributed by atoms with Gasteiger partial charge in [0.15, 0.2) is 0 Å². The van der Waals surface area contributed by atoms with E-state index in [9.17, 15) is 13.2 Å². The lowest BCUT2D eigenvalue weighted by atomic mass is 10.1. The van der Waals surface area contributed by atoms with E-state index in [-0.39, 0.29) is 24.1 Å². The van der Waals surface area contributed by atoms with E-state index in [0.717, 1.165) is 15.6 Å². The predicted octanol–water partition coefficient (Wildman–Crippen LogP) is 3.34. The fourth-order valence-corrected chi connectivity index (χ4v) is 3.81. The summed E-state index contributed by atoms with van der Waals surface area (Å²) in [6.45, 7) is 3.64. The van der Waals surface area contributed by atoms with E-state index >= 15 is 0 Å². The molecule has 1 amide bonds. The van der Waals surface area contributed by atoms with Crippen molar-refractivity contribution >= 4 is 16.1 Å². The molecule has 0 aliphatic rings. The van der Waals surface area contributed by atoms with Gasteiger partial charge in [0.2, 0.25) is 0 Å². The molecule has 0 radical (unpaired) electrons. The first-order valence-corrected chi connectivity index (χ1v) is 10.1. The van der Waals surface area contributed by atoms with Crippen molar-refractivity contribution in [3.63, 3.8) is 0 Å². The van der Waals surface area contributed by atoms with Crippen LogP contribution in [0.4, 0.5) is 4.79 Å². The normalized spacial score (nSPS) is 11.7. The lowest BCUT2D eigenvalue weighted by Crippen LogP contribution is -2.36. The molecule has 0 spiro atoms. The molecule has 0 fully saturated rings. The van der Waals surface area contributed by atoms with Crippen LogP contribution in [0.15, 0.2) is 59.5 Å². The molecule has 0 saturated heterocycles. The summed E-state index contributed by atoms with van der Waals surface area (Å²) in [6.07, 6.45) is -1.19. The van der Waals surface area contributed by atoms with Gasteiger partial charge in [0.25, 0.3) is 10.0 Å². The number of hydrogen-bond acceptors (Lipinski definition) is 4. The summed E-state index contributed by atoms with van der Waals surface area (Å²) >= 11 is 0. The third-order valence-electron chi connectivity index (χ3n) is 3.65. The van der Waals surface area contributed by atoms with Crippen molar-refractivity contribution in [2.45, 2.75) is 31.3 Å². The molecule has 0 saturated carbocycles. The monoisotopic (exact) mass is 392 g/mol. The zero-order valence-corrected chi connectivity index (χ0v) is 16.1. The van der Waals surface area contributed by atoms with Gasteiger partial charge < -0.3 is 10.4 Å². The van der Waals surface area contributed by atoms with Crippen molar-refractivity contribution in [1.82, 2.24) is 9.79 Å². The van der Waals surface area contributed by atoms with Gasteiger partial charge in [0, 0.05) is 13.1 Å². The number of sulfonamides is 1. The number of carboxylic acid groups (broad SMARTS) is 1. The van der Waals surface area contributed by atoms with Crippen molar-refractivity contribution in [1.29, 1.82) is 0 Å². The number of nitrogens with zero attached hydrogens (tertiary/aromatic N) is 1. The average Bonchev–Trinajstić information content (AvgIpc) is 2.64. The maximum atomic E-state index is 12.9. The maximum absolute atomic E-state index is 12.9. The molecule has 0 bridgehead atoms. The Bertz CT molecular complexity index is 836. The van der Waals surface area contributed by atoms with Crippen LogP contribution >= 0.6 is 0 Å². The van der Waals surface area contributed by atoms with Crippen LogP contribution in [0.2, 0.25) is 0 Å². The molecule has 7 nitrogen and oxygen atoms in total. The molecule has 0 atom stereocenters. The average molecular weight is 392 g/mol. The third-order valence-corrected chi connectivity index (χ3v) is 5.32. The third kappa shape index (κ3) is 6.06. The number of carbonyl (C=O) groups is 1. The Morgan fingerprint density at radius 3 is 2.22 bits per heavy atom. The van der Waals surface area contributed by atoms with Crippen molar-refractivity contribution in [2.75, 3.05) is 13.1 Å². The van der Waals surface area contributed by atoms with E-state index in [4.69, 9.17) is 9.94 Å². The summed E-state index contributed by atoms with van der Waals surface area (Å²) in [5.41, 5.74) is 1.91. The topological polar surface area (TPSA) is 95.9 Å². The molecule has 0 aliphatic carbocycles. The second-order valence-electron chi connectivity index (χ2n) is 6.16. The summed E-state index contributed by atoms with van der Waals surface area (Å²) in [4.78, 5) is 16.1. The van der Waals surface area contributed by atoms with Crippen molar-refractivity contribution in [3.8, 4) is 11.1 Å². The molecule has 2 N–H and O–H groups in total. The minimum atomic E-state index is -3.86. The summed E-state index contributed by atoms with van der Waals surface area (Å²) < 4.78 is 26.7. The maximum Gasteiger partial charge on any atom is 0.404 e. The second-order valence-corrected chi connectivity index (χ2v) is 7.99. The molecule has 27 heavy (non-hydrogen) atoms. The number of rotatable bonds is 9. The molecule has 2 aromatic carbocycles. The zero-order chi connectivity index (χ0) is 19.9. The van der Waals surface area contributed by atoms with E-state index in [1.165, 1.54) is 0 Å². The summed E-state index contributed by atoms with van der Waals surface area (Å²) in [5, 5.41) is 10.8. The summed E-state index contributed by atoms with van der Waals surface area (Å²) in [7, 11) is -3.86. The van der Waals surface area contributed by atoms with Crippen LogP contribution in [0.5, 0.6) is 0 Å². The SMILES string of the molecule is CC(C)ON(CCCNC(=O)O)S(=O)(=O)c1ccc(-c2ccccc2)cc1. The Balaban J connectivity index is 2.17. The fourth-order valence-electron chi connectivity index (χ4n) is 2.44. The first kappa shape index (κ1) is 20.9. The fraction of sp³-hybridized carbons (Fsp3) is 0.316. The molecule has 0 unspecified atom stereocenters. The Morgan fingerprint density at radius 2 is 1.67 bits per heavy atom. The molecular formula is C19H24N2O5S. The molecule has 146 valence electrons. The molecule has 2 aromatic rings. The van der Waals surface area contributed by atoms with E-state index in [2.05, 4.69) is 5.32 Å². The Morgan fingerprint density at radius 1 is 1.07 bits per heavy atom. The number of hydrogen-bond donors (Lipinski definition) is 2. The second kappa shape index (κ2) is 9.50. The van der Waals surface area contributed by atoms with Gasteiger partial charge >= 0.3 is 6.09 Å². The number of nitrogens with one attached hydrogen (secondary N) is 1. The lowest BCUT2D eigenvalue weighted by molar-refractivity contribution is -0.119. The van der Waals surface area contributed by atoms with Crippen LogP contribution in [0.25, 0.3) is 11.1 Å².